The molecule has 0 spiro atoms. The van der Waals surface area contributed by atoms with Crippen molar-refractivity contribution < 1.29 is 19.0 Å². The number of fused-ring (bicyclic) bond motifs is 2. The molecule has 3 heterocycles. The van der Waals surface area contributed by atoms with Crippen LogP contribution in [0.4, 0.5) is 0 Å². The Labute approximate surface area is 252 Å². The lowest BCUT2D eigenvalue weighted by molar-refractivity contribution is -0.139. The molecule has 0 saturated heterocycles. The number of carbonyl (C=O) groups is 1. The second-order valence-electron chi connectivity index (χ2n) is 10.2. The third kappa shape index (κ3) is 4.85. The molecule has 1 atom stereocenters. The third-order valence-electron chi connectivity index (χ3n) is 7.67. The molecule has 3 aromatic carbocycles. The first-order valence-electron chi connectivity index (χ1n) is 13.9. The summed E-state index contributed by atoms with van der Waals surface area (Å²) in [5.74, 6) is 0.541. The van der Waals surface area contributed by atoms with Gasteiger partial charge in [0.2, 0.25) is 0 Å². The minimum Gasteiger partial charge on any atom is -0.497 e. The van der Waals surface area contributed by atoms with Crippen molar-refractivity contribution in [3.63, 3.8) is 0 Å². The number of nitrogens with zero attached hydrogens (tertiary/aromatic N) is 2. The van der Waals surface area contributed by atoms with Gasteiger partial charge in [0, 0.05) is 22.0 Å². The van der Waals surface area contributed by atoms with Gasteiger partial charge in [0.1, 0.15) is 17.5 Å². The summed E-state index contributed by atoms with van der Waals surface area (Å²) in [4.78, 5) is 36.6. The number of hydrogen-bond donors (Lipinski definition) is 1. The molecule has 0 fully saturated rings. The van der Waals surface area contributed by atoms with Gasteiger partial charge in [0.15, 0.2) is 4.80 Å². The van der Waals surface area contributed by atoms with Crippen molar-refractivity contribution >= 4 is 34.3 Å². The molecule has 1 N–H and O–H groups in total. The number of methoxy groups -OCH3 is 2. The van der Waals surface area contributed by atoms with Crippen molar-refractivity contribution in [3.8, 4) is 22.8 Å². The number of H-pyrrole nitrogens is 1. The van der Waals surface area contributed by atoms with Crippen molar-refractivity contribution in [2.75, 3.05) is 20.8 Å². The summed E-state index contributed by atoms with van der Waals surface area (Å²) in [6.45, 7) is 5.76. The second kappa shape index (κ2) is 11.4. The van der Waals surface area contributed by atoms with Crippen LogP contribution in [0, 0.1) is 6.92 Å². The monoisotopic (exact) mass is 593 g/mol. The lowest BCUT2D eigenvalue weighted by Gasteiger charge is -2.26. The summed E-state index contributed by atoms with van der Waals surface area (Å²) >= 11 is 1.29. The first kappa shape index (κ1) is 28.2. The molecule has 8 nitrogen and oxygen atoms in total. The lowest BCUT2D eigenvalue weighted by atomic mass is 9.94. The second-order valence-corrected chi connectivity index (χ2v) is 11.2. The third-order valence-corrected chi connectivity index (χ3v) is 8.65. The number of thiazole rings is 1. The molecule has 0 saturated carbocycles. The highest BCUT2D eigenvalue weighted by Crippen LogP contribution is 2.38. The Bertz CT molecular complexity index is 2090. The standard InChI is InChI=1S/C34H31N3O5S/c1-6-42-33(39)28-20(3)35-34-37(31(28)25-17-22(40-4)15-16-26(25)41-5)32(38)27(43-34)18-24-23-14-10-11-19(2)29(23)36-30(24)21-12-8-7-9-13-21/h7-18,31,36H,6H2,1-5H3/b27-18+/t31-/m0/s1. The molecule has 1 aliphatic rings. The maximum Gasteiger partial charge on any atom is 0.338 e. The van der Waals surface area contributed by atoms with Gasteiger partial charge in [-0.1, -0.05) is 59.9 Å². The summed E-state index contributed by atoms with van der Waals surface area (Å²) in [5.41, 5.74) is 6.05. The van der Waals surface area contributed by atoms with E-state index < -0.39 is 12.0 Å². The van der Waals surface area contributed by atoms with Crippen LogP contribution in [0.1, 0.15) is 36.6 Å². The Kier molecular flexibility index (Phi) is 7.50. The maximum absolute atomic E-state index is 14.4. The van der Waals surface area contributed by atoms with E-state index in [0.717, 1.165) is 33.3 Å². The number of ether oxygens (including phenoxy) is 3. The Hall–Kier alpha value is -4.89. The van der Waals surface area contributed by atoms with Gasteiger partial charge in [0.05, 0.1) is 42.3 Å². The SMILES string of the molecule is CCOC(=O)C1=C(C)N=c2s/c(=C/c3c(-c4ccccc4)[nH]c4c(C)cccc34)c(=O)n2[C@H]1c1cc(OC)ccc1OC. The van der Waals surface area contributed by atoms with Gasteiger partial charge < -0.3 is 19.2 Å². The Balaban J connectivity index is 1.65. The number of aryl methyl sites for hydroxylation is 1. The van der Waals surface area contributed by atoms with E-state index in [2.05, 4.69) is 24.0 Å². The Morgan fingerprint density at radius 2 is 1.84 bits per heavy atom. The fourth-order valence-electron chi connectivity index (χ4n) is 5.64. The van der Waals surface area contributed by atoms with Crippen LogP contribution in [0.25, 0.3) is 28.2 Å². The number of hydrogen-bond acceptors (Lipinski definition) is 7. The molecule has 9 heteroatoms. The molecule has 5 aromatic rings. The number of nitrogens with one attached hydrogen (secondary N) is 1. The summed E-state index contributed by atoms with van der Waals surface area (Å²) in [5, 5.41) is 1.01. The van der Waals surface area contributed by atoms with Crippen LogP contribution in [-0.2, 0) is 9.53 Å². The molecule has 6 rings (SSSR count). The van der Waals surface area contributed by atoms with Gasteiger partial charge in [0.25, 0.3) is 5.56 Å². The van der Waals surface area contributed by atoms with Crippen LogP contribution in [0.15, 0.2) is 87.8 Å². The molecule has 218 valence electrons. The minimum atomic E-state index is -0.832. The van der Waals surface area contributed by atoms with E-state index >= 15 is 0 Å². The largest absolute Gasteiger partial charge is 0.497 e. The molecular weight excluding hydrogens is 562 g/mol. The van der Waals surface area contributed by atoms with Crippen LogP contribution in [0.2, 0.25) is 0 Å². The van der Waals surface area contributed by atoms with Gasteiger partial charge in [-0.25, -0.2) is 9.79 Å². The number of esters is 1. The molecule has 0 radical (unpaired) electrons. The van der Waals surface area contributed by atoms with Crippen LogP contribution in [0.3, 0.4) is 0 Å². The van der Waals surface area contributed by atoms with E-state index in [1.165, 1.54) is 11.3 Å². The predicted molar refractivity (Wildman–Crippen MR) is 168 cm³/mol. The van der Waals surface area contributed by atoms with E-state index in [0.29, 0.717) is 32.1 Å². The van der Waals surface area contributed by atoms with Gasteiger partial charge in [-0.15, -0.1) is 0 Å². The predicted octanol–water partition coefficient (Wildman–Crippen LogP) is 5.27. The van der Waals surface area contributed by atoms with E-state index in [4.69, 9.17) is 19.2 Å². The van der Waals surface area contributed by atoms with E-state index in [1.54, 1.807) is 50.8 Å². The average Bonchev–Trinajstić information content (AvgIpc) is 3.54. The van der Waals surface area contributed by atoms with Gasteiger partial charge >= 0.3 is 5.97 Å². The number of para-hydroxylation sites is 1. The molecule has 0 unspecified atom stereocenters. The molecule has 0 aliphatic carbocycles. The van der Waals surface area contributed by atoms with Crippen molar-refractivity contribution in [3.05, 3.63) is 114 Å². The molecule has 0 bridgehead atoms. The number of aromatic nitrogens is 2. The smallest absolute Gasteiger partial charge is 0.338 e. The zero-order chi connectivity index (χ0) is 30.2. The summed E-state index contributed by atoms with van der Waals surface area (Å²) in [7, 11) is 3.12. The van der Waals surface area contributed by atoms with Crippen LogP contribution < -0.4 is 24.4 Å². The fourth-order valence-corrected chi connectivity index (χ4v) is 6.67. The highest BCUT2D eigenvalue weighted by atomic mass is 32.1. The number of benzene rings is 3. The zero-order valence-corrected chi connectivity index (χ0v) is 25.4. The number of rotatable bonds is 7. The topological polar surface area (TPSA) is 94.9 Å². The van der Waals surface area contributed by atoms with Crippen molar-refractivity contribution in [2.45, 2.75) is 26.8 Å². The highest BCUT2D eigenvalue weighted by molar-refractivity contribution is 7.07. The number of aromatic amines is 1. The van der Waals surface area contributed by atoms with Gasteiger partial charge in [-0.05, 0) is 56.2 Å². The molecule has 2 aromatic heterocycles. The van der Waals surface area contributed by atoms with Crippen molar-refractivity contribution in [2.24, 2.45) is 4.99 Å². The Morgan fingerprint density at radius 3 is 2.56 bits per heavy atom. The normalized spacial score (nSPS) is 14.9. The van der Waals surface area contributed by atoms with Crippen molar-refractivity contribution in [1.29, 1.82) is 0 Å². The van der Waals surface area contributed by atoms with Crippen LogP contribution >= 0.6 is 11.3 Å². The summed E-state index contributed by atoms with van der Waals surface area (Å²) < 4.78 is 18.7. The van der Waals surface area contributed by atoms with E-state index in [9.17, 15) is 9.59 Å². The van der Waals surface area contributed by atoms with Crippen LogP contribution in [-0.4, -0.2) is 36.3 Å². The average molecular weight is 594 g/mol. The zero-order valence-electron chi connectivity index (χ0n) is 24.6. The minimum absolute atomic E-state index is 0.185. The first-order valence-corrected chi connectivity index (χ1v) is 14.8. The first-order chi connectivity index (χ1) is 20.9. The lowest BCUT2D eigenvalue weighted by Crippen LogP contribution is -2.40. The number of allylic oxidation sites excluding steroid dienone is 1. The van der Waals surface area contributed by atoms with Crippen molar-refractivity contribution in [1.82, 2.24) is 9.55 Å². The molecule has 1 aliphatic heterocycles. The molecular formula is C34H31N3O5S. The maximum atomic E-state index is 14.4. The number of carbonyl (C=O) groups excluding carboxylic acids is 1. The summed E-state index contributed by atoms with van der Waals surface area (Å²) in [6.07, 6.45) is 1.92. The summed E-state index contributed by atoms with van der Waals surface area (Å²) in [6, 6.07) is 20.7. The van der Waals surface area contributed by atoms with E-state index in [-0.39, 0.29) is 17.7 Å². The molecule has 43 heavy (non-hydrogen) atoms. The quantitative estimate of drug-likeness (QED) is 0.260. The van der Waals surface area contributed by atoms with Gasteiger partial charge in [-0.3, -0.25) is 9.36 Å². The van der Waals surface area contributed by atoms with E-state index in [1.807, 2.05) is 42.5 Å². The highest BCUT2D eigenvalue weighted by Gasteiger charge is 2.35. The fraction of sp³-hybridized carbons (Fsp3) is 0.206. The Morgan fingerprint density at radius 1 is 1.05 bits per heavy atom. The van der Waals surface area contributed by atoms with Gasteiger partial charge in [-0.2, -0.15) is 0 Å². The van der Waals surface area contributed by atoms with Crippen LogP contribution in [0.5, 0.6) is 11.5 Å². The molecule has 0 amide bonds.